The first-order chi connectivity index (χ1) is 13.3. The van der Waals surface area contributed by atoms with Gasteiger partial charge in [0.05, 0.1) is 19.4 Å². The number of rotatable bonds is 5. The van der Waals surface area contributed by atoms with Crippen LogP contribution in [0.15, 0.2) is 29.4 Å². The van der Waals surface area contributed by atoms with Crippen LogP contribution in [0.25, 0.3) is 0 Å². The predicted molar refractivity (Wildman–Crippen MR) is 107 cm³/mol. The van der Waals surface area contributed by atoms with Crippen LogP contribution < -0.4 is 15.2 Å². The number of anilines is 3. The summed E-state index contributed by atoms with van der Waals surface area (Å²) in [6.07, 6.45) is 4.04. The van der Waals surface area contributed by atoms with Crippen LogP contribution in [0.1, 0.15) is 18.4 Å². The van der Waals surface area contributed by atoms with E-state index in [-0.39, 0.29) is 0 Å². The SMILES string of the molecule is Clc1ccc(C=NNc2nc(N3CCCC3)nc(N3CCOCC3)n2)cc1. The molecule has 0 spiro atoms. The van der Waals surface area contributed by atoms with E-state index in [0.717, 1.165) is 44.6 Å². The molecule has 27 heavy (non-hydrogen) atoms. The molecule has 142 valence electrons. The molecule has 0 unspecified atom stereocenters. The second kappa shape index (κ2) is 8.49. The van der Waals surface area contributed by atoms with Gasteiger partial charge in [0.15, 0.2) is 0 Å². The molecule has 2 saturated heterocycles. The number of hydrazone groups is 1. The van der Waals surface area contributed by atoms with Crippen molar-refractivity contribution in [3.05, 3.63) is 34.9 Å². The van der Waals surface area contributed by atoms with Crippen molar-refractivity contribution >= 4 is 35.7 Å². The fourth-order valence-electron chi connectivity index (χ4n) is 3.08. The number of morpholine rings is 1. The zero-order chi connectivity index (χ0) is 18.5. The second-order valence-electron chi connectivity index (χ2n) is 6.47. The van der Waals surface area contributed by atoms with E-state index in [0.29, 0.717) is 36.1 Å². The molecule has 0 saturated carbocycles. The lowest BCUT2D eigenvalue weighted by atomic mass is 10.2. The van der Waals surface area contributed by atoms with Gasteiger partial charge in [-0.2, -0.15) is 20.1 Å². The Bertz CT molecular complexity index is 787. The number of hydrogen-bond acceptors (Lipinski definition) is 8. The van der Waals surface area contributed by atoms with Crippen LogP contribution in [0.5, 0.6) is 0 Å². The Morgan fingerprint density at radius 2 is 1.56 bits per heavy atom. The molecule has 0 aliphatic carbocycles. The van der Waals surface area contributed by atoms with Gasteiger partial charge in [0.25, 0.3) is 0 Å². The first-order valence-electron chi connectivity index (χ1n) is 9.16. The Kier molecular flexibility index (Phi) is 5.64. The van der Waals surface area contributed by atoms with Crippen molar-refractivity contribution in [2.45, 2.75) is 12.8 Å². The molecular formula is C18H22ClN7O. The molecule has 0 amide bonds. The van der Waals surface area contributed by atoms with Crippen LogP contribution >= 0.6 is 11.6 Å². The highest BCUT2D eigenvalue weighted by Gasteiger charge is 2.21. The van der Waals surface area contributed by atoms with Gasteiger partial charge >= 0.3 is 0 Å². The normalized spacial score (nSPS) is 17.7. The Labute approximate surface area is 163 Å². The molecule has 1 aromatic carbocycles. The van der Waals surface area contributed by atoms with Gasteiger partial charge in [-0.25, -0.2) is 5.43 Å². The zero-order valence-corrected chi connectivity index (χ0v) is 15.8. The van der Waals surface area contributed by atoms with Crippen molar-refractivity contribution in [1.82, 2.24) is 15.0 Å². The van der Waals surface area contributed by atoms with Gasteiger partial charge in [-0.1, -0.05) is 23.7 Å². The molecule has 2 aliphatic rings. The smallest absolute Gasteiger partial charge is 0.250 e. The highest BCUT2D eigenvalue weighted by Crippen LogP contribution is 2.21. The first-order valence-corrected chi connectivity index (χ1v) is 9.54. The average Bonchev–Trinajstić information content (AvgIpc) is 3.25. The van der Waals surface area contributed by atoms with Gasteiger partial charge < -0.3 is 14.5 Å². The molecule has 3 heterocycles. The Morgan fingerprint density at radius 1 is 0.926 bits per heavy atom. The van der Waals surface area contributed by atoms with Gasteiger partial charge in [-0.15, -0.1) is 0 Å². The Balaban J connectivity index is 1.54. The zero-order valence-electron chi connectivity index (χ0n) is 15.0. The third kappa shape index (κ3) is 4.64. The first kappa shape index (κ1) is 17.9. The lowest BCUT2D eigenvalue weighted by Gasteiger charge is -2.27. The van der Waals surface area contributed by atoms with E-state index in [4.69, 9.17) is 16.3 Å². The molecule has 1 aromatic heterocycles. The largest absolute Gasteiger partial charge is 0.378 e. The summed E-state index contributed by atoms with van der Waals surface area (Å²) in [6.45, 7) is 4.86. The highest BCUT2D eigenvalue weighted by atomic mass is 35.5. The summed E-state index contributed by atoms with van der Waals surface area (Å²) < 4.78 is 5.43. The van der Waals surface area contributed by atoms with Crippen LogP contribution in [0.3, 0.4) is 0 Å². The molecule has 0 atom stereocenters. The van der Waals surface area contributed by atoms with Crippen molar-refractivity contribution in [2.75, 3.05) is 54.6 Å². The topological polar surface area (TPSA) is 78.8 Å². The minimum Gasteiger partial charge on any atom is -0.378 e. The number of halogens is 1. The fourth-order valence-corrected chi connectivity index (χ4v) is 3.21. The van der Waals surface area contributed by atoms with E-state index >= 15 is 0 Å². The third-order valence-electron chi connectivity index (χ3n) is 4.54. The van der Waals surface area contributed by atoms with Crippen molar-refractivity contribution in [2.24, 2.45) is 5.10 Å². The van der Waals surface area contributed by atoms with E-state index in [9.17, 15) is 0 Å². The molecule has 9 heteroatoms. The summed E-state index contributed by atoms with van der Waals surface area (Å²) >= 11 is 5.91. The molecule has 8 nitrogen and oxygen atoms in total. The average molecular weight is 388 g/mol. The number of nitrogens with one attached hydrogen (secondary N) is 1. The van der Waals surface area contributed by atoms with Crippen LogP contribution in [-0.4, -0.2) is 60.6 Å². The maximum atomic E-state index is 5.91. The number of benzene rings is 1. The van der Waals surface area contributed by atoms with Gasteiger partial charge in [0.1, 0.15) is 0 Å². The maximum Gasteiger partial charge on any atom is 0.250 e. The molecule has 0 bridgehead atoms. The molecule has 1 N–H and O–H groups in total. The monoisotopic (exact) mass is 387 g/mol. The highest BCUT2D eigenvalue weighted by molar-refractivity contribution is 6.30. The summed E-state index contributed by atoms with van der Waals surface area (Å²) in [7, 11) is 0. The van der Waals surface area contributed by atoms with E-state index in [1.54, 1.807) is 6.21 Å². The minimum absolute atomic E-state index is 0.443. The van der Waals surface area contributed by atoms with Crippen molar-refractivity contribution in [1.29, 1.82) is 0 Å². The Morgan fingerprint density at radius 3 is 2.22 bits per heavy atom. The molecule has 2 fully saturated rings. The molecule has 0 radical (unpaired) electrons. The lowest BCUT2D eigenvalue weighted by molar-refractivity contribution is 0.122. The maximum absolute atomic E-state index is 5.91. The van der Waals surface area contributed by atoms with Crippen molar-refractivity contribution < 1.29 is 4.74 Å². The van der Waals surface area contributed by atoms with Crippen LogP contribution in [0.2, 0.25) is 5.02 Å². The number of nitrogens with zero attached hydrogens (tertiary/aromatic N) is 6. The quantitative estimate of drug-likeness (QED) is 0.623. The standard InChI is InChI=1S/C18H22ClN7O/c19-15-5-3-14(4-6-15)13-20-24-16-21-17(25-7-1-2-8-25)23-18(22-16)26-9-11-27-12-10-26/h3-6,13H,1-2,7-12H2,(H,21,22,23,24). The summed E-state index contributed by atoms with van der Waals surface area (Å²) in [5, 5.41) is 4.96. The number of ether oxygens (including phenoxy) is 1. The van der Waals surface area contributed by atoms with Crippen LogP contribution in [0, 0.1) is 0 Å². The molecule has 2 aliphatic heterocycles. The van der Waals surface area contributed by atoms with Crippen molar-refractivity contribution in [3.63, 3.8) is 0 Å². The van der Waals surface area contributed by atoms with Gasteiger partial charge in [0, 0.05) is 31.2 Å². The predicted octanol–water partition coefficient (Wildman–Crippen LogP) is 2.41. The van der Waals surface area contributed by atoms with E-state index in [1.165, 1.54) is 0 Å². The number of hydrogen-bond donors (Lipinski definition) is 1. The lowest BCUT2D eigenvalue weighted by Crippen LogP contribution is -2.38. The summed E-state index contributed by atoms with van der Waals surface area (Å²) in [4.78, 5) is 18.1. The number of aromatic nitrogens is 3. The Hall–Kier alpha value is -2.45. The minimum atomic E-state index is 0.443. The fraction of sp³-hybridized carbons (Fsp3) is 0.444. The van der Waals surface area contributed by atoms with Gasteiger partial charge in [-0.05, 0) is 30.5 Å². The van der Waals surface area contributed by atoms with Crippen molar-refractivity contribution in [3.8, 4) is 0 Å². The molecule has 4 rings (SSSR count). The van der Waals surface area contributed by atoms with E-state index in [1.807, 2.05) is 24.3 Å². The van der Waals surface area contributed by atoms with E-state index < -0.39 is 0 Å². The second-order valence-corrected chi connectivity index (χ2v) is 6.91. The summed E-state index contributed by atoms with van der Waals surface area (Å²) in [6, 6.07) is 7.45. The van der Waals surface area contributed by atoms with Gasteiger partial charge in [-0.3, -0.25) is 0 Å². The van der Waals surface area contributed by atoms with Crippen LogP contribution in [-0.2, 0) is 4.74 Å². The summed E-state index contributed by atoms with van der Waals surface area (Å²) in [5.41, 5.74) is 3.88. The summed E-state index contributed by atoms with van der Waals surface area (Å²) in [5.74, 6) is 1.81. The van der Waals surface area contributed by atoms with E-state index in [2.05, 4.69) is 35.3 Å². The third-order valence-corrected chi connectivity index (χ3v) is 4.79. The van der Waals surface area contributed by atoms with Gasteiger partial charge in [0.2, 0.25) is 17.8 Å². The van der Waals surface area contributed by atoms with Crippen LogP contribution in [0.4, 0.5) is 17.8 Å². The molecular weight excluding hydrogens is 366 g/mol. The molecule has 2 aromatic rings.